The first-order valence-corrected chi connectivity index (χ1v) is 24.4. The fourth-order valence-corrected chi connectivity index (χ4v) is 11.8. The summed E-state index contributed by atoms with van der Waals surface area (Å²) in [5.41, 5.74) is -8.60. The first-order chi connectivity index (χ1) is 28.6. The van der Waals surface area contributed by atoms with Gasteiger partial charge in [-0.15, -0.1) is 0 Å². The molecular formula is C59H94O6. The molecule has 0 saturated carbocycles. The Bertz CT molecular complexity index is 1950. The van der Waals surface area contributed by atoms with Crippen LogP contribution in [0.3, 0.4) is 0 Å². The molecule has 0 heterocycles. The van der Waals surface area contributed by atoms with Gasteiger partial charge in [-0.25, -0.2) is 0 Å². The molecule has 5 N–H and O–H groups in total. The Hall–Kier alpha value is -2.77. The van der Waals surface area contributed by atoms with Crippen LogP contribution >= 0.6 is 0 Å². The molecule has 0 aromatic heterocycles. The third-order valence-electron chi connectivity index (χ3n) is 15.9. The minimum Gasteiger partial charge on any atom is -0.481 e. The maximum absolute atomic E-state index is 15.7. The van der Waals surface area contributed by atoms with E-state index in [1.165, 1.54) is 0 Å². The largest absolute Gasteiger partial charge is 0.481 e. The fourth-order valence-electron chi connectivity index (χ4n) is 11.8. The second-order valence-electron chi connectivity index (χ2n) is 28.8. The van der Waals surface area contributed by atoms with E-state index < -0.39 is 107 Å². The lowest BCUT2D eigenvalue weighted by atomic mass is 9.47. The number of allylic oxidation sites excluding steroid dienone is 8. The Morgan fingerprint density at radius 2 is 0.615 bits per heavy atom. The van der Waals surface area contributed by atoms with E-state index in [1.54, 1.807) is 0 Å². The van der Waals surface area contributed by atoms with Crippen LogP contribution in [-0.2, 0) is 4.79 Å². The van der Waals surface area contributed by atoms with E-state index in [0.29, 0.717) is 0 Å². The molecule has 0 spiro atoms. The van der Waals surface area contributed by atoms with Crippen LogP contribution in [0.5, 0.6) is 0 Å². The predicted molar refractivity (Wildman–Crippen MR) is 272 cm³/mol. The molecule has 0 amide bonds. The third-order valence-corrected chi connectivity index (χ3v) is 15.9. The molecular weight excluding hydrogens is 805 g/mol. The fraction of sp³-hybridized carbons (Fsp3) is 0.712. The van der Waals surface area contributed by atoms with Gasteiger partial charge < -0.3 is 25.5 Å². The summed E-state index contributed by atoms with van der Waals surface area (Å²) in [6.07, 6.45) is 24.0. The van der Waals surface area contributed by atoms with Crippen LogP contribution in [0.15, 0.2) is 95.2 Å². The van der Waals surface area contributed by atoms with Crippen LogP contribution in [0.1, 0.15) is 166 Å². The van der Waals surface area contributed by atoms with Gasteiger partial charge >= 0.3 is 5.97 Å². The molecule has 0 aromatic carbocycles. The molecule has 0 aromatic rings. The maximum Gasteiger partial charge on any atom is 0.311 e. The summed E-state index contributed by atoms with van der Waals surface area (Å²) < 4.78 is 0. The van der Waals surface area contributed by atoms with Gasteiger partial charge in [-0.3, -0.25) is 4.79 Å². The zero-order valence-corrected chi connectivity index (χ0v) is 45.5. The van der Waals surface area contributed by atoms with Crippen molar-refractivity contribution in [3.8, 4) is 0 Å². The maximum atomic E-state index is 15.7. The van der Waals surface area contributed by atoms with E-state index in [1.807, 2.05) is 132 Å². The normalized spacial score (nSPS) is 33.5. The van der Waals surface area contributed by atoms with Crippen molar-refractivity contribution in [3.63, 3.8) is 0 Å². The smallest absolute Gasteiger partial charge is 0.311 e. The summed E-state index contributed by atoms with van der Waals surface area (Å²) in [5.74, 6) is -4.39. The summed E-state index contributed by atoms with van der Waals surface area (Å²) in [4.78, 5) is 15.7. The SMILES string of the molecule is CC(C)(C)C1=CC(C(C2C=CC(O)(C(C)(C)C)C(C(C)(C)C)=C2)C(C(=O)O)(C2C=CC(O)(C(C)(C)C)C(C(C)(C)C)=C2)C2C=CC(O)(C(C)(C)C)C(C(C)(C)C)=C2)C=CC1(O)C(C)(C)C. The van der Waals surface area contributed by atoms with E-state index in [4.69, 9.17) is 0 Å². The van der Waals surface area contributed by atoms with Crippen molar-refractivity contribution >= 4 is 5.97 Å². The Kier molecular flexibility index (Phi) is 13.6. The number of hydrogen-bond acceptors (Lipinski definition) is 5. The first kappa shape index (κ1) is 54.8. The van der Waals surface area contributed by atoms with Gasteiger partial charge in [0.2, 0.25) is 0 Å². The van der Waals surface area contributed by atoms with Crippen molar-refractivity contribution in [2.75, 3.05) is 0 Å². The van der Waals surface area contributed by atoms with E-state index in [2.05, 4.69) is 107 Å². The summed E-state index contributed by atoms with van der Waals surface area (Å²) in [6, 6.07) is 0. The zero-order valence-electron chi connectivity index (χ0n) is 45.5. The molecule has 0 radical (unpaired) electrons. The molecule has 4 aliphatic rings. The highest BCUT2D eigenvalue weighted by molar-refractivity contribution is 5.79. The standard InChI is InChI=1S/C59H94O6/c1-47(2,3)41-33-37(25-29-55(41,62)51(13,14)15)45(38-26-30-56(63,52(16,17)18)42(34-38)48(4,5)6)59(46(60)61,39-27-31-57(64,53(19,20)21)43(35-39)49(7,8)9)40-28-32-58(65,54(22,23)24)44(36-40)50(10,11)12/h25-40,45,62-65H,1-24H3,(H,60,61). The molecule has 4 rings (SSSR count). The molecule has 8 atom stereocenters. The van der Waals surface area contributed by atoms with Gasteiger partial charge in [-0.05, 0) is 71.5 Å². The van der Waals surface area contributed by atoms with Crippen LogP contribution in [0, 0.1) is 78.3 Å². The van der Waals surface area contributed by atoms with Gasteiger partial charge in [-0.2, -0.15) is 0 Å². The van der Waals surface area contributed by atoms with Gasteiger partial charge in [0.15, 0.2) is 0 Å². The molecule has 0 saturated heterocycles. The lowest BCUT2D eigenvalue weighted by Gasteiger charge is -2.56. The lowest BCUT2D eigenvalue weighted by Crippen LogP contribution is -2.58. The highest BCUT2D eigenvalue weighted by atomic mass is 16.4. The van der Waals surface area contributed by atoms with E-state index in [9.17, 15) is 25.5 Å². The van der Waals surface area contributed by atoms with Crippen LogP contribution in [0.2, 0.25) is 0 Å². The van der Waals surface area contributed by atoms with Crippen molar-refractivity contribution in [1.82, 2.24) is 0 Å². The zero-order chi connectivity index (χ0) is 50.8. The minimum absolute atomic E-state index is 0.511. The Morgan fingerprint density at radius 1 is 0.400 bits per heavy atom. The molecule has 4 aliphatic carbocycles. The number of carbonyl (C=O) groups is 1. The van der Waals surface area contributed by atoms with Crippen molar-refractivity contribution in [1.29, 1.82) is 0 Å². The van der Waals surface area contributed by atoms with Gasteiger partial charge in [0.25, 0.3) is 0 Å². The second kappa shape index (κ2) is 16.2. The van der Waals surface area contributed by atoms with Crippen molar-refractivity contribution < 1.29 is 30.3 Å². The van der Waals surface area contributed by atoms with Crippen molar-refractivity contribution in [2.24, 2.45) is 78.3 Å². The topological polar surface area (TPSA) is 118 Å². The number of carboxylic acid groups (broad SMARTS) is 1. The average Bonchev–Trinajstić information content (AvgIpc) is 3.08. The van der Waals surface area contributed by atoms with Crippen LogP contribution in [0.4, 0.5) is 0 Å². The molecule has 6 nitrogen and oxygen atoms in total. The number of hydrogen-bond donors (Lipinski definition) is 5. The van der Waals surface area contributed by atoms with Crippen LogP contribution in [-0.4, -0.2) is 53.9 Å². The molecule has 0 aliphatic heterocycles. The predicted octanol–water partition coefficient (Wildman–Crippen LogP) is 13.4. The van der Waals surface area contributed by atoms with Gasteiger partial charge in [0.1, 0.15) is 22.4 Å². The third kappa shape index (κ3) is 9.15. The Labute approximate surface area is 396 Å². The van der Waals surface area contributed by atoms with Crippen LogP contribution < -0.4 is 0 Å². The summed E-state index contributed by atoms with van der Waals surface area (Å²) >= 11 is 0. The lowest BCUT2D eigenvalue weighted by molar-refractivity contribution is -0.160. The summed E-state index contributed by atoms with van der Waals surface area (Å²) in [6.45, 7) is 49.5. The minimum atomic E-state index is -1.70. The monoisotopic (exact) mass is 899 g/mol. The molecule has 8 unspecified atom stereocenters. The van der Waals surface area contributed by atoms with E-state index in [0.717, 1.165) is 22.3 Å². The first-order valence-electron chi connectivity index (χ1n) is 24.4. The number of aliphatic hydroxyl groups is 4. The van der Waals surface area contributed by atoms with E-state index in [-0.39, 0.29) is 0 Å². The average molecular weight is 899 g/mol. The number of carboxylic acids is 1. The van der Waals surface area contributed by atoms with Crippen LogP contribution in [0.25, 0.3) is 0 Å². The molecule has 65 heavy (non-hydrogen) atoms. The van der Waals surface area contributed by atoms with Gasteiger partial charge in [0.05, 0.1) is 5.41 Å². The van der Waals surface area contributed by atoms with Crippen molar-refractivity contribution in [3.05, 3.63) is 95.2 Å². The number of rotatable bonds is 6. The highest BCUT2D eigenvalue weighted by Crippen LogP contribution is 2.63. The summed E-state index contributed by atoms with van der Waals surface area (Å²) in [7, 11) is 0. The highest BCUT2D eigenvalue weighted by Gasteiger charge is 2.63. The second-order valence-corrected chi connectivity index (χ2v) is 28.8. The molecule has 0 fully saturated rings. The summed E-state index contributed by atoms with van der Waals surface area (Å²) in [5, 5.41) is 64.1. The van der Waals surface area contributed by atoms with Gasteiger partial charge in [0, 0.05) is 23.7 Å². The van der Waals surface area contributed by atoms with E-state index >= 15 is 4.79 Å². The molecule has 6 heteroatoms. The Morgan fingerprint density at radius 3 is 0.815 bits per heavy atom. The van der Waals surface area contributed by atoms with Gasteiger partial charge in [-0.1, -0.05) is 239 Å². The van der Waals surface area contributed by atoms with Crippen molar-refractivity contribution in [2.45, 2.75) is 189 Å². The molecule has 0 bridgehead atoms. The quantitative estimate of drug-likeness (QED) is 0.170. The number of aliphatic carboxylic acids is 1. The Balaban J connectivity index is 2.40. The molecule has 366 valence electrons.